The van der Waals surface area contributed by atoms with Crippen molar-refractivity contribution < 1.29 is 62.4 Å². The predicted octanol–water partition coefficient (Wildman–Crippen LogP) is 8.96. The van der Waals surface area contributed by atoms with E-state index >= 15 is 0 Å². The van der Waals surface area contributed by atoms with Crippen molar-refractivity contribution in [3.05, 3.63) is 113 Å². The highest BCUT2D eigenvalue weighted by Gasteiger charge is 2.28. The Morgan fingerprint density at radius 1 is 0.623 bits per heavy atom. The third kappa shape index (κ3) is 21.6. The highest BCUT2D eigenvalue weighted by molar-refractivity contribution is 9.13. The van der Waals surface area contributed by atoms with E-state index in [1.165, 1.54) is 20.4 Å². The number of alkyl carbamates (subject to hydrolysis) is 2. The number of anilines is 2. The first-order valence-corrected chi connectivity index (χ1v) is 23.6. The molecule has 23 heteroatoms. The summed E-state index contributed by atoms with van der Waals surface area (Å²) in [6.45, 7) is 10.0. The highest BCUT2D eigenvalue weighted by atomic mass is 79.9. The predicted molar refractivity (Wildman–Crippen MR) is 269 cm³/mol. The number of pyridine rings is 2. The SMILES string of the molecule is COC(=O)CC[C@@H](NC(=O)OC(C)(C)C)C(=O)Nc1cc(Br)c(Br)cc1C(=O)c1ccccn1.COC(=O)CC[C@@H](NC(=O)OC(C)(C)C)C(=O)O.Nc1cc(Br)c(Br)cc1C(=O)c1ccccn1. The lowest BCUT2D eigenvalue weighted by atomic mass is 10.0. The maximum Gasteiger partial charge on any atom is 0.408 e. The summed E-state index contributed by atoms with van der Waals surface area (Å²) in [6.07, 6.45) is 1.11. The average molecular weight is 1220 g/mol. The minimum absolute atomic E-state index is 0.0427. The quantitative estimate of drug-likeness (QED) is 0.0321. The van der Waals surface area contributed by atoms with Crippen molar-refractivity contribution in [2.45, 2.75) is 90.5 Å². The summed E-state index contributed by atoms with van der Waals surface area (Å²) in [5.74, 6) is -3.54. The van der Waals surface area contributed by atoms with Crippen LogP contribution >= 0.6 is 63.7 Å². The molecule has 0 fully saturated rings. The first-order valence-electron chi connectivity index (χ1n) is 20.5. The van der Waals surface area contributed by atoms with Gasteiger partial charge in [0.05, 0.1) is 19.9 Å². The van der Waals surface area contributed by atoms with Crippen molar-refractivity contribution in [2.24, 2.45) is 0 Å². The molecule has 0 unspecified atom stereocenters. The van der Waals surface area contributed by atoms with Gasteiger partial charge in [0.1, 0.15) is 34.7 Å². The van der Waals surface area contributed by atoms with Crippen LogP contribution in [0.1, 0.15) is 99.3 Å². The lowest BCUT2D eigenvalue weighted by molar-refractivity contribution is -0.143. The van der Waals surface area contributed by atoms with Crippen molar-refractivity contribution in [3.63, 3.8) is 0 Å². The first kappa shape index (κ1) is 59.3. The minimum atomic E-state index is -1.23. The molecular formula is C46H52Br4N6O13. The molecule has 0 aliphatic rings. The molecular weight excluding hydrogens is 1160 g/mol. The fourth-order valence-electron chi connectivity index (χ4n) is 5.24. The second kappa shape index (κ2) is 28.0. The van der Waals surface area contributed by atoms with Gasteiger partial charge >= 0.3 is 30.1 Å². The highest BCUT2D eigenvalue weighted by Crippen LogP contribution is 2.32. The summed E-state index contributed by atoms with van der Waals surface area (Å²) < 4.78 is 22.0. The Bertz CT molecular complexity index is 2470. The lowest BCUT2D eigenvalue weighted by Crippen LogP contribution is -2.46. The maximum atomic E-state index is 13.1. The number of rotatable bonds is 15. The molecule has 372 valence electrons. The van der Waals surface area contributed by atoms with E-state index in [1.54, 1.807) is 108 Å². The van der Waals surface area contributed by atoms with E-state index in [2.05, 4.69) is 99.1 Å². The number of ketones is 2. The molecule has 19 nitrogen and oxygen atoms in total. The molecule has 2 heterocycles. The third-order valence-corrected chi connectivity index (χ3v) is 12.1. The monoisotopic (exact) mass is 1210 g/mol. The summed E-state index contributed by atoms with van der Waals surface area (Å²) in [6, 6.07) is 14.3. The van der Waals surface area contributed by atoms with Gasteiger partial charge in [-0.05, 0) is 167 Å². The molecule has 0 aliphatic heterocycles. The van der Waals surface area contributed by atoms with Crippen molar-refractivity contribution in [3.8, 4) is 0 Å². The fourth-order valence-corrected chi connectivity index (χ4v) is 6.63. The molecule has 0 aliphatic carbocycles. The number of hydrogen-bond donors (Lipinski definition) is 5. The van der Waals surface area contributed by atoms with Gasteiger partial charge in [-0.2, -0.15) is 0 Å². The Morgan fingerprint density at radius 2 is 1.03 bits per heavy atom. The molecule has 0 saturated heterocycles. The van der Waals surface area contributed by atoms with Gasteiger partial charge in [-0.1, -0.05) is 12.1 Å². The van der Waals surface area contributed by atoms with Crippen LogP contribution in [0.2, 0.25) is 0 Å². The number of benzene rings is 2. The zero-order chi connectivity index (χ0) is 52.2. The van der Waals surface area contributed by atoms with E-state index in [1.807, 2.05) is 0 Å². The minimum Gasteiger partial charge on any atom is -0.480 e. The van der Waals surface area contributed by atoms with Crippen molar-refractivity contribution >= 4 is 123 Å². The van der Waals surface area contributed by atoms with E-state index in [4.69, 9.17) is 20.3 Å². The number of carbonyl (C=O) groups excluding carboxylic acids is 7. The molecule has 4 aromatic rings. The van der Waals surface area contributed by atoms with Crippen LogP contribution in [0, 0.1) is 0 Å². The maximum absolute atomic E-state index is 13.1. The smallest absolute Gasteiger partial charge is 0.408 e. The average Bonchev–Trinajstić information content (AvgIpc) is 3.27. The summed E-state index contributed by atoms with van der Waals surface area (Å²) >= 11 is 13.4. The van der Waals surface area contributed by atoms with Gasteiger partial charge in [-0.15, -0.1) is 0 Å². The van der Waals surface area contributed by atoms with Crippen LogP contribution in [0.5, 0.6) is 0 Å². The van der Waals surface area contributed by atoms with Crippen LogP contribution in [0.15, 0.2) is 90.9 Å². The van der Waals surface area contributed by atoms with Crippen molar-refractivity contribution in [2.75, 3.05) is 25.3 Å². The lowest BCUT2D eigenvalue weighted by Gasteiger charge is -2.23. The molecule has 0 radical (unpaired) electrons. The second-order valence-corrected chi connectivity index (χ2v) is 19.6. The van der Waals surface area contributed by atoms with Crippen LogP contribution in [0.25, 0.3) is 0 Å². The number of aromatic nitrogens is 2. The largest absolute Gasteiger partial charge is 0.480 e. The molecule has 2 aromatic carbocycles. The Labute approximate surface area is 432 Å². The molecule has 69 heavy (non-hydrogen) atoms. The Kier molecular flexibility index (Phi) is 24.1. The molecule has 3 amide bonds. The number of nitrogens with one attached hydrogen (secondary N) is 3. The number of halogens is 4. The number of carboxylic acid groups (broad SMARTS) is 1. The van der Waals surface area contributed by atoms with Gasteiger partial charge in [-0.3, -0.25) is 33.9 Å². The van der Waals surface area contributed by atoms with E-state index in [0.29, 0.717) is 25.9 Å². The van der Waals surface area contributed by atoms with Gasteiger partial charge in [0, 0.05) is 59.9 Å². The van der Waals surface area contributed by atoms with Crippen LogP contribution in [-0.2, 0) is 38.1 Å². The molecule has 2 aromatic heterocycles. The molecule has 0 bridgehead atoms. The van der Waals surface area contributed by atoms with Crippen molar-refractivity contribution in [1.29, 1.82) is 0 Å². The third-order valence-electron chi connectivity index (χ3n) is 8.42. The molecule has 0 spiro atoms. The number of nitrogens with two attached hydrogens (primary N) is 1. The number of hydrogen-bond acceptors (Lipinski definition) is 15. The number of methoxy groups -OCH3 is 2. The number of nitrogen functional groups attached to an aromatic ring is 1. The normalized spacial score (nSPS) is 11.6. The Morgan fingerprint density at radius 3 is 1.45 bits per heavy atom. The molecule has 2 atom stereocenters. The number of nitrogens with zero attached hydrogens (tertiary/aromatic N) is 2. The van der Waals surface area contributed by atoms with Crippen molar-refractivity contribution in [1.82, 2.24) is 20.6 Å². The number of carbonyl (C=O) groups is 8. The van der Waals surface area contributed by atoms with E-state index in [9.17, 15) is 38.4 Å². The molecule has 6 N–H and O–H groups in total. The molecule has 0 saturated carbocycles. The summed E-state index contributed by atoms with van der Waals surface area (Å²) in [7, 11) is 2.44. The van der Waals surface area contributed by atoms with Gasteiger partial charge < -0.3 is 45.7 Å². The van der Waals surface area contributed by atoms with E-state index in [-0.39, 0.29) is 48.4 Å². The van der Waals surface area contributed by atoms with Crippen LogP contribution in [0.4, 0.5) is 21.0 Å². The Balaban J connectivity index is 0.000000392. The standard InChI is InChI=1S/C23H25Br2N3O6.C12H8Br2N2O.C11H19NO6/c1-23(2,3)34-22(32)28-17(8-9-19(29)33-4)21(31)27-18-12-15(25)14(24)11-13(18)20(30)16-7-5-6-10-26-16;13-8-5-7(10(15)6-9(8)14)12(17)11-3-1-2-4-16-11;1-11(2,3)18-10(16)12-7(9(14)15)5-6-8(13)17-4/h5-7,10-12,17H,8-9H2,1-4H3,(H,27,31)(H,28,32);1-6H,15H2;7H,5-6H2,1-4H3,(H,12,16)(H,14,15)/t17-;;7-/m1.1/s1. The summed E-state index contributed by atoms with van der Waals surface area (Å²) in [5, 5.41) is 16.2. The number of aliphatic carboxylic acids is 1. The van der Waals surface area contributed by atoms with Gasteiger partial charge in [0.15, 0.2) is 0 Å². The van der Waals surface area contributed by atoms with Gasteiger partial charge in [-0.25, -0.2) is 14.4 Å². The van der Waals surface area contributed by atoms with Crippen LogP contribution in [-0.4, -0.2) is 100 Å². The van der Waals surface area contributed by atoms with Crippen LogP contribution < -0.4 is 21.7 Å². The zero-order valence-corrected chi connectivity index (χ0v) is 45.1. The van der Waals surface area contributed by atoms with Gasteiger partial charge in [0.2, 0.25) is 17.5 Å². The summed E-state index contributed by atoms with van der Waals surface area (Å²) in [5.41, 5.74) is 6.16. The van der Waals surface area contributed by atoms with Gasteiger partial charge in [0.25, 0.3) is 0 Å². The number of carboxylic acids is 1. The number of amides is 3. The first-order chi connectivity index (χ1) is 32.2. The zero-order valence-electron chi connectivity index (χ0n) is 38.7. The number of ether oxygens (including phenoxy) is 4. The fraction of sp³-hybridized carbons (Fsp3) is 0.348. The van der Waals surface area contributed by atoms with E-state index in [0.717, 1.165) is 8.95 Å². The summed E-state index contributed by atoms with van der Waals surface area (Å²) in [4.78, 5) is 104. The number of esters is 2. The Hall–Kier alpha value is -5.78. The topological polar surface area (TPSA) is 282 Å². The molecule has 4 rings (SSSR count). The van der Waals surface area contributed by atoms with E-state index < -0.39 is 65.1 Å². The second-order valence-electron chi connectivity index (χ2n) is 16.2. The van der Waals surface area contributed by atoms with Crippen LogP contribution in [0.3, 0.4) is 0 Å².